The Balaban J connectivity index is 1.71. The summed E-state index contributed by atoms with van der Waals surface area (Å²) in [5.41, 5.74) is 6.38. The van der Waals surface area contributed by atoms with Gasteiger partial charge in [0.15, 0.2) is 11.5 Å². The molecule has 0 amide bonds. The van der Waals surface area contributed by atoms with Crippen molar-refractivity contribution < 1.29 is 12.8 Å². The van der Waals surface area contributed by atoms with Crippen LogP contribution in [-0.4, -0.2) is 51.6 Å². The molecule has 0 bridgehead atoms. The lowest BCUT2D eigenvalue weighted by molar-refractivity contribution is 0.250. The number of hydrogen-bond acceptors (Lipinski definition) is 6. The van der Waals surface area contributed by atoms with Gasteiger partial charge in [0.05, 0.1) is 12.6 Å². The largest absolute Gasteiger partial charge is 0.382 e. The fourth-order valence-electron chi connectivity index (χ4n) is 2.99. The highest BCUT2D eigenvalue weighted by atomic mass is 32.2. The second-order valence-electron chi connectivity index (χ2n) is 5.91. The number of nitrogen functional groups attached to an aromatic ring is 1. The first-order valence-corrected chi connectivity index (χ1v) is 9.28. The summed E-state index contributed by atoms with van der Waals surface area (Å²) in [6, 6.07) is 0. The van der Waals surface area contributed by atoms with Crippen molar-refractivity contribution >= 4 is 27.0 Å². The van der Waals surface area contributed by atoms with Gasteiger partial charge in [-0.2, -0.15) is 14.4 Å². The Morgan fingerprint density at radius 1 is 1.43 bits per heavy atom. The molecule has 3 heterocycles. The lowest BCUT2D eigenvalue weighted by Gasteiger charge is -2.30. The molecule has 1 atom stereocenters. The van der Waals surface area contributed by atoms with Crippen molar-refractivity contribution in [1.29, 1.82) is 0 Å². The zero-order chi connectivity index (χ0) is 16.6. The van der Waals surface area contributed by atoms with E-state index < -0.39 is 16.1 Å². The van der Waals surface area contributed by atoms with E-state index in [2.05, 4.69) is 15.0 Å². The van der Waals surface area contributed by atoms with Crippen molar-refractivity contribution in [2.75, 3.05) is 25.1 Å². The zero-order valence-electron chi connectivity index (χ0n) is 12.8. The van der Waals surface area contributed by atoms with Gasteiger partial charge >= 0.3 is 6.08 Å². The molecule has 0 aromatic carbocycles. The number of imidazole rings is 1. The van der Waals surface area contributed by atoms with Crippen LogP contribution in [0.4, 0.5) is 10.2 Å². The molecule has 1 unspecified atom stereocenters. The molecule has 23 heavy (non-hydrogen) atoms. The molecule has 3 rings (SSSR count). The topological polar surface area (TPSA) is 107 Å². The minimum absolute atomic E-state index is 0.0205. The molecule has 2 aromatic heterocycles. The second-order valence-corrected chi connectivity index (χ2v) is 7.89. The fraction of sp³-hybridized carbons (Fsp3) is 0.615. The van der Waals surface area contributed by atoms with Gasteiger partial charge in [0.1, 0.15) is 5.52 Å². The zero-order valence-corrected chi connectivity index (χ0v) is 13.6. The van der Waals surface area contributed by atoms with E-state index in [9.17, 15) is 12.8 Å². The summed E-state index contributed by atoms with van der Waals surface area (Å²) < 4.78 is 39.9. The van der Waals surface area contributed by atoms with Crippen molar-refractivity contribution in [2.24, 2.45) is 5.92 Å². The quantitative estimate of drug-likeness (QED) is 0.816. The predicted molar refractivity (Wildman–Crippen MR) is 83.5 cm³/mol. The lowest BCUT2D eigenvalue weighted by atomic mass is 9.96. The smallest absolute Gasteiger partial charge is 0.312 e. The standard InChI is InChI=1S/C13H19FN6O2S/c1-23(21,22)20-5-2-3-9(7-20)4-6-19-8-16-10-11(15)17-13(14)18-12(10)19/h8-9H,2-7H2,1H3,(H2,15,17,18). The number of nitrogens with zero attached hydrogens (tertiary/aromatic N) is 5. The van der Waals surface area contributed by atoms with E-state index in [0.29, 0.717) is 30.8 Å². The maximum absolute atomic E-state index is 13.3. The van der Waals surface area contributed by atoms with Crippen LogP contribution >= 0.6 is 0 Å². The third kappa shape index (κ3) is 3.42. The SMILES string of the molecule is CS(=O)(=O)N1CCCC(CCn2cnc3c(N)nc(F)nc32)C1. The normalized spacial score (nSPS) is 20.2. The van der Waals surface area contributed by atoms with Gasteiger partial charge in [-0.05, 0) is 25.2 Å². The molecule has 1 aliphatic heterocycles. The van der Waals surface area contributed by atoms with Crippen molar-refractivity contribution in [2.45, 2.75) is 25.8 Å². The monoisotopic (exact) mass is 342 g/mol. The van der Waals surface area contributed by atoms with E-state index in [1.807, 2.05) is 0 Å². The van der Waals surface area contributed by atoms with Crippen LogP contribution in [0.1, 0.15) is 19.3 Å². The van der Waals surface area contributed by atoms with Crippen molar-refractivity contribution in [3.8, 4) is 0 Å². The van der Waals surface area contributed by atoms with Crippen LogP contribution in [0.3, 0.4) is 0 Å². The minimum atomic E-state index is -3.15. The maximum Gasteiger partial charge on any atom is 0.312 e. The molecule has 0 spiro atoms. The Hall–Kier alpha value is -1.81. The van der Waals surface area contributed by atoms with Crippen LogP contribution in [0.5, 0.6) is 0 Å². The maximum atomic E-state index is 13.3. The van der Waals surface area contributed by atoms with Gasteiger partial charge in [0.25, 0.3) is 0 Å². The molecule has 1 aliphatic rings. The summed E-state index contributed by atoms with van der Waals surface area (Å²) >= 11 is 0. The van der Waals surface area contributed by atoms with E-state index in [1.54, 1.807) is 10.9 Å². The molecule has 8 nitrogen and oxygen atoms in total. The first-order valence-electron chi connectivity index (χ1n) is 7.43. The molecule has 0 aliphatic carbocycles. The van der Waals surface area contributed by atoms with Crippen molar-refractivity contribution in [3.63, 3.8) is 0 Å². The highest BCUT2D eigenvalue weighted by Crippen LogP contribution is 2.23. The molecule has 126 valence electrons. The number of sulfonamides is 1. The van der Waals surface area contributed by atoms with Crippen LogP contribution in [-0.2, 0) is 16.6 Å². The van der Waals surface area contributed by atoms with Crippen molar-refractivity contribution in [1.82, 2.24) is 23.8 Å². The third-order valence-electron chi connectivity index (χ3n) is 4.19. The van der Waals surface area contributed by atoms with Gasteiger partial charge in [-0.25, -0.2) is 17.7 Å². The van der Waals surface area contributed by atoms with E-state index in [1.165, 1.54) is 10.6 Å². The van der Waals surface area contributed by atoms with Crippen LogP contribution in [0.25, 0.3) is 11.2 Å². The number of halogens is 1. The second kappa shape index (κ2) is 6.00. The summed E-state index contributed by atoms with van der Waals surface area (Å²) in [5, 5.41) is 0. The Labute approximate surface area is 133 Å². The summed E-state index contributed by atoms with van der Waals surface area (Å²) in [6.45, 7) is 1.68. The van der Waals surface area contributed by atoms with Crippen LogP contribution in [0.2, 0.25) is 0 Å². The molecule has 0 radical (unpaired) electrons. The van der Waals surface area contributed by atoms with Gasteiger partial charge in [0, 0.05) is 19.6 Å². The summed E-state index contributed by atoms with van der Waals surface area (Å²) in [5.74, 6) is 0.284. The number of piperidine rings is 1. The number of aryl methyl sites for hydroxylation is 1. The average Bonchev–Trinajstić information content (AvgIpc) is 2.88. The van der Waals surface area contributed by atoms with E-state index >= 15 is 0 Å². The predicted octanol–water partition coefficient (Wildman–Crippen LogP) is 0.609. The van der Waals surface area contributed by atoms with E-state index in [-0.39, 0.29) is 11.7 Å². The number of fused-ring (bicyclic) bond motifs is 1. The number of anilines is 1. The highest BCUT2D eigenvalue weighted by molar-refractivity contribution is 7.88. The van der Waals surface area contributed by atoms with Crippen LogP contribution in [0.15, 0.2) is 6.33 Å². The lowest BCUT2D eigenvalue weighted by Crippen LogP contribution is -2.39. The number of nitrogens with two attached hydrogens (primary N) is 1. The van der Waals surface area contributed by atoms with Gasteiger partial charge in [0.2, 0.25) is 10.0 Å². The minimum Gasteiger partial charge on any atom is -0.382 e. The Morgan fingerprint density at radius 3 is 2.96 bits per heavy atom. The van der Waals surface area contributed by atoms with E-state index in [4.69, 9.17) is 5.73 Å². The van der Waals surface area contributed by atoms with Gasteiger partial charge < -0.3 is 10.3 Å². The molecule has 0 saturated carbocycles. The highest BCUT2D eigenvalue weighted by Gasteiger charge is 2.25. The molecule has 1 fully saturated rings. The molecule has 10 heteroatoms. The Morgan fingerprint density at radius 2 is 2.22 bits per heavy atom. The molecular weight excluding hydrogens is 323 g/mol. The molecular formula is C13H19FN6O2S. The first kappa shape index (κ1) is 16.1. The first-order chi connectivity index (χ1) is 10.8. The molecule has 1 saturated heterocycles. The molecule has 2 N–H and O–H groups in total. The fourth-order valence-corrected chi connectivity index (χ4v) is 3.93. The number of aromatic nitrogens is 4. The third-order valence-corrected chi connectivity index (χ3v) is 5.46. The summed E-state index contributed by atoms with van der Waals surface area (Å²) in [6.07, 6.45) is 4.52. The van der Waals surface area contributed by atoms with Gasteiger partial charge in [-0.3, -0.25) is 0 Å². The summed E-state index contributed by atoms with van der Waals surface area (Å²) in [4.78, 5) is 11.3. The van der Waals surface area contributed by atoms with Crippen molar-refractivity contribution in [3.05, 3.63) is 12.4 Å². The summed E-state index contributed by atoms with van der Waals surface area (Å²) in [7, 11) is -3.15. The Kier molecular flexibility index (Phi) is 4.19. The number of rotatable bonds is 4. The van der Waals surface area contributed by atoms with Crippen LogP contribution in [0, 0.1) is 12.0 Å². The average molecular weight is 342 g/mol. The van der Waals surface area contributed by atoms with E-state index in [0.717, 1.165) is 19.3 Å². The number of hydrogen-bond donors (Lipinski definition) is 1. The van der Waals surface area contributed by atoms with Gasteiger partial charge in [-0.15, -0.1) is 0 Å². The van der Waals surface area contributed by atoms with Crippen LogP contribution < -0.4 is 5.73 Å². The van der Waals surface area contributed by atoms with Gasteiger partial charge in [-0.1, -0.05) is 0 Å². The molecule has 2 aromatic rings. The Bertz CT molecular complexity index is 821.